The van der Waals surface area contributed by atoms with Crippen LogP contribution in [0.2, 0.25) is 0 Å². The average molecular weight is 536 g/mol. The number of nitrogens with one attached hydrogen (secondary N) is 2. The number of likely N-dealkylation sites (tertiary alicyclic amines) is 1. The summed E-state index contributed by atoms with van der Waals surface area (Å²) in [5, 5.41) is 6.89. The zero-order valence-electron chi connectivity index (χ0n) is 18.4. The lowest BCUT2D eigenvalue weighted by Crippen LogP contribution is -2.44. The first-order valence-electron chi connectivity index (χ1n) is 11.0. The summed E-state index contributed by atoms with van der Waals surface area (Å²) >= 11 is 0. The van der Waals surface area contributed by atoms with Crippen molar-refractivity contribution in [2.75, 3.05) is 26.2 Å². The van der Waals surface area contributed by atoms with E-state index in [0.29, 0.717) is 6.54 Å². The molecule has 31 heavy (non-hydrogen) atoms. The number of aromatic nitrogens is 2. The van der Waals surface area contributed by atoms with Gasteiger partial charge in [0.05, 0.1) is 23.3 Å². The Morgan fingerprint density at radius 3 is 2.65 bits per heavy atom. The first kappa shape index (κ1) is 23.6. The predicted molar refractivity (Wildman–Crippen MR) is 136 cm³/mol. The highest BCUT2D eigenvalue weighted by molar-refractivity contribution is 14.0. The van der Waals surface area contributed by atoms with Crippen molar-refractivity contribution in [3.63, 3.8) is 0 Å². The molecule has 0 saturated carbocycles. The van der Waals surface area contributed by atoms with E-state index in [1.54, 1.807) is 6.26 Å². The smallest absolute Gasteiger partial charge is 0.191 e. The van der Waals surface area contributed by atoms with Crippen LogP contribution in [0.5, 0.6) is 0 Å². The Bertz CT molecular complexity index is 962. The number of fused-ring (bicyclic) bond motifs is 1. The van der Waals surface area contributed by atoms with Gasteiger partial charge in [-0.05, 0) is 57.1 Å². The van der Waals surface area contributed by atoms with Crippen LogP contribution in [0.3, 0.4) is 0 Å². The molecule has 0 amide bonds. The largest absolute Gasteiger partial charge is 0.468 e. The minimum Gasteiger partial charge on any atom is -0.468 e. The van der Waals surface area contributed by atoms with Gasteiger partial charge in [0, 0.05) is 20.1 Å². The zero-order valence-corrected chi connectivity index (χ0v) is 20.7. The van der Waals surface area contributed by atoms with E-state index in [0.717, 1.165) is 54.8 Å². The Morgan fingerprint density at radius 2 is 1.94 bits per heavy atom. The lowest BCUT2D eigenvalue weighted by molar-refractivity contribution is 0.146. The van der Waals surface area contributed by atoms with E-state index in [4.69, 9.17) is 14.4 Å². The maximum atomic E-state index is 5.76. The number of piperidine rings is 1. The summed E-state index contributed by atoms with van der Waals surface area (Å²) < 4.78 is 7.88. The van der Waals surface area contributed by atoms with Crippen molar-refractivity contribution in [3.05, 3.63) is 54.2 Å². The molecule has 1 aliphatic rings. The van der Waals surface area contributed by atoms with Crippen LogP contribution < -0.4 is 10.6 Å². The second kappa shape index (κ2) is 11.5. The molecule has 1 aromatic carbocycles. The lowest BCUT2D eigenvalue weighted by atomic mass is 10.1. The van der Waals surface area contributed by atoms with Gasteiger partial charge in [-0.1, -0.05) is 18.6 Å². The number of rotatable bonds is 7. The summed E-state index contributed by atoms with van der Waals surface area (Å²) in [6.45, 7) is 6.39. The molecular formula is C23H33IN6O. The van der Waals surface area contributed by atoms with Crippen molar-refractivity contribution in [1.82, 2.24) is 25.1 Å². The Balaban J connectivity index is 0.00000272. The van der Waals surface area contributed by atoms with Crippen molar-refractivity contribution in [3.8, 4) is 0 Å². The number of hydrogen-bond acceptors (Lipinski definition) is 4. The Morgan fingerprint density at radius 1 is 1.13 bits per heavy atom. The van der Waals surface area contributed by atoms with Gasteiger partial charge in [-0.2, -0.15) is 0 Å². The van der Waals surface area contributed by atoms with E-state index < -0.39 is 0 Å². The number of aryl methyl sites for hydroxylation is 1. The van der Waals surface area contributed by atoms with Gasteiger partial charge in [-0.3, -0.25) is 4.90 Å². The van der Waals surface area contributed by atoms with E-state index >= 15 is 0 Å². The predicted octanol–water partition coefficient (Wildman–Crippen LogP) is 4.07. The van der Waals surface area contributed by atoms with Crippen LogP contribution in [0, 0.1) is 0 Å². The van der Waals surface area contributed by atoms with Crippen molar-refractivity contribution in [2.24, 2.45) is 12.0 Å². The Labute approximate surface area is 201 Å². The lowest BCUT2D eigenvalue weighted by Gasteiger charge is -2.33. The molecule has 1 unspecified atom stereocenters. The fraction of sp³-hybridized carbons (Fsp3) is 0.478. The number of furan rings is 1. The standard InChI is InChI=1S/C23H32N6O.HI/c1-3-24-23(26-17-22-27-18-10-5-6-11-19(18)28(22)2)25-16-20(21-12-9-15-30-21)29-13-7-4-8-14-29;/h5-6,9-12,15,20H,3-4,7-8,13-14,16-17H2,1-2H3,(H2,24,25,26);1H. The summed E-state index contributed by atoms with van der Waals surface area (Å²) in [7, 11) is 2.05. The highest BCUT2D eigenvalue weighted by Gasteiger charge is 2.24. The fourth-order valence-electron chi connectivity index (χ4n) is 4.14. The number of para-hydroxylation sites is 2. The summed E-state index contributed by atoms with van der Waals surface area (Å²) in [6, 6.07) is 12.4. The summed E-state index contributed by atoms with van der Waals surface area (Å²) in [5.74, 6) is 2.76. The monoisotopic (exact) mass is 536 g/mol. The van der Waals surface area contributed by atoms with Gasteiger partial charge in [-0.15, -0.1) is 24.0 Å². The highest BCUT2D eigenvalue weighted by atomic mass is 127. The number of nitrogens with zero attached hydrogens (tertiary/aromatic N) is 4. The Kier molecular flexibility index (Phi) is 8.77. The van der Waals surface area contributed by atoms with Crippen molar-refractivity contribution in [2.45, 2.75) is 38.8 Å². The molecule has 1 atom stereocenters. The normalized spacial score (nSPS) is 16.1. The maximum absolute atomic E-state index is 5.76. The third kappa shape index (κ3) is 5.79. The second-order valence-corrected chi connectivity index (χ2v) is 7.78. The van der Waals surface area contributed by atoms with Crippen LogP contribution >= 0.6 is 24.0 Å². The van der Waals surface area contributed by atoms with E-state index in [9.17, 15) is 0 Å². The topological polar surface area (TPSA) is 70.6 Å². The number of aliphatic imine (C=N–C) groups is 1. The average Bonchev–Trinajstić information content (AvgIpc) is 3.42. The first-order valence-corrected chi connectivity index (χ1v) is 11.0. The maximum Gasteiger partial charge on any atom is 0.191 e. The molecule has 2 aromatic heterocycles. The molecular weight excluding hydrogens is 503 g/mol. The molecule has 0 aliphatic carbocycles. The SMILES string of the molecule is CCNC(=NCc1nc2ccccc2n1C)NCC(c1ccco1)N1CCCCC1.I. The molecule has 168 valence electrons. The van der Waals surface area contributed by atoms with Crippen molar-refractivity contribution in [1.29, 1.82) is 0 Å². The van der Waals surface area contributed by atoms with Crippen LogP contribution in [0.15, 0.2) is 52.1 Å². The molecule has 1 fully saturated rings. The Hall–Kier alpha value is -2.07. The molecule has 7 nitrogen and oxygen atoms in total. The number of benzene rings is 1. The summed E-state index contributed by atoms with van der Waals surface area (Å²) in [6.07, 6.45) is 5.57. The summed E-state index contributed by atoms with van der Waals surface area (Å²) in [4.78, 5) is 12.0. The van der Waals surface area contributed by atoms with E-state index in [1.807, 2.05) is 31.3 Å². The van der Waals surface area contributed by atoms with Gasteiger partial charge in [0.1, 0.15) is 18.1 Å². The molecule has 1 saturated heterocycles. The molecule has 3 aromatic rings. The first-order chi connectivity index (χ1) is 14.8. The molecule has 1 aliphatic heterocycles. The van der Waals surface area contributed by atoms with Crippen LogP contribution in [-0.4, -0.2) is 46.6 Å². The molecule has 0 bridgehead atoms. The van der Waals surface area contributed by atoms with Crippen LogP contribution in [0.25, 0.3) is 11.0 Å². The van der Waals surface area contributed by atoms with Gasteiger partial charge in [-0.25, -0.2) is 9.98 Å². The van der Waals surface area contributed by atoms with Gasteiger partial charge >= 0.3 is 0 Å². The van der Waals surface area contributed by atoms with Crippen molar-refractivity contribution < 1.29 is 4.42 Å². The number of guanidine groups is 1. The number of halogens is 1. The van der Waals surface area contributed by atoms with Crippen LogP contribution in [0.1, 0.15) is 43.8 Å². The fourth-order valence-corrected chi connectivity index (χ4v) is 4.14. The van der Waals surface area contributed by atoms with E-state index in [2.05, 4.69) is 39.2 Å². The third-order valence-corrected chi connectivity index (χ3v) is 5.77. The molecule has 2 N–H and O–H groups in total. The molecule has 4 rings (SSSR count). The second-order valence-electron chi connectivity index (χ2n) is 7.78. The molecule has 0 spiro atoms. The minimum absolute atomic E-state index is 0. The van der Waals surface area contributed by atoms with Crippen LogP contribution in [-0.2, 0) is 13.6 Å². The number of hydrogen-bond donors (Lipinski definition) is 2. The van der Waals surface area contributed by atoms with Crippen LogP contribution in [0.4, 0.5) is 0 Å². The third-order valence-electron chi connectivity index (χ3n) is 5.77. The molecule has 0 radical (unpaired) electrons. The summed E-state index contributed by atoms with van der Waals surface area (Å²) in [5.41, 5.74) is 2.13. The quantitative estimate of drug-likeness (QED) is 0.271. The van der Waals surface area contributed by atoms with Gasteiger partial charge in [0.15, 0.2) is 5.96 Å². The molecule has 8 heteroatoms. The van der Waals surface area contributed by atoms with Crippen molar-refractivity contribution >= 4 is 41.0 Å². The highest BCUT2D eigenvalue weighted by Crippen LogP contribution is 2.24. The number of imidazole rings is 1. The van der Waals surface area contributed by atoms with E-state index in [-0.39, 0.29) is 30.0 Å². The van der Waals surface area contributed by atoms with E-state index in [1.165, 1.54) is 19.3 Å². The molecule has 3 heterocycles. The minimum atomic E-state index is 0. The van der Waals surface area contributed by atoms with Gasteiger partial charge in [0.2, 0.25) is 0 Å². The van der Waals surface area contributed by atoms with Gasteiger partial charge in [0.25, 0.3) is 0 Å². The van der Waals surface area contributed by atoms with Gasteiger partial charge < -0.3 is 19.6 Å². The zero-order chi connectivity index (χ0) is 20.8.